The molecule has 0 fully saturated rings. The third-order valence-corrected chi connectivity index (χ3v) is 21.6. The van der Waals surface area contributed by atoms with E-state index < -0.39 is 21.3 Å². The van der Waals surface area contributed by atoms with Gasteiger partial charge in [-0.05, 0) is 0 Å². The molecule has 0 amide bonds. The second-order valence-corrected chi connectivity index (χ2v) is 22.6. The van der Waals surface area contributed by atoms with Crippen LogP contribution >= 0.6 is 0 Å². The fourth-order valence-corrected chi connectivity index (χ4v) is 20.3. The van der Waals surface area contributed by atoms with Crippen molar-refractivity contribution in [3.05, 3.63) is 109 Å². The van der Waals surface area contributed by atoms with Gasteiger partial charge in [0.25, 0.3) is 0 Å². The Morgan fingerprint density at radius 2 is 1.58 bits per heavy atom. The van der Waals surface area contributed by atoms with Gasteiger partial charge in [0.05, 0.1) is 0 Å². The van der Waals surface area contributed by atoms with Crippen LogP contribution in [-0.2, 0) is 24.4 Å². The van der Waals surface area contributed by atoms with E-state index in [1.54, 1.807) is 28.7 Å². The van der Waals surface area contributed by atoms with Gasteiger partial charge in [0.15, 0.2) is 0 Å². The van der Waals surface area contributed by atoms with E-state index in [2.05, 4.69) is 118 Å². The molecule has 234 valence electrons. The van der Waals surface area contributed by atoms with Crippen molar-refractivity contribution in [1.29, 1.82) is 0 Å². The predicted molar refractivity (Wildman–Crippen MR) is 181 cm³/mol. The fraction of sp³-hybridized carbons (Fsp3) is 0.390. The van der Waals surface area contributed by atoms with Gasteiger partial charge in [0, 0.05) is 0 Å². The van der Waals surface area contributed by atoms with Gasteiger partial charge in [0.1, 0.15) is 0 Å². The number of hydrogen-bond acceptors (Lipinski definition) is 1. The third-order valence-electron chi connectivity index (χ3n) is 12.2. The Bertz CT molecular complexity index is 1920. The van der Waals surface area contributed by atoms with Gasteiger partial charge in [-0.25, -0.2) is 0 Å². The molecular weight excluding hydrogens is 671 g/mol. The molecule has 3 aliphatic carbocycles. The van der Waals surface area contributed by atoms with Crippen molar-refractivity contribution in [3.63, 3.8) is 0 Å². The smallest absolute Gasteiger partial charge is 1.00 e. The molecule has 3 aromatic carbocycles. The molecule has 4 aromatic rings. The average Bonchev–Trinajstić information content (AvgIpc) is 3.73. The molecule has 0 bridgehead atoms. The first-order valence-electron chi connectivity index (χ1n) is 16.3. The van der Waals surface area contributed by atoms with Gasteiger partial charge in [0.2, 0.25) is 0 Å². The zero-order chi connectivity index (χ0) is 30.5. The molecule has 5 unspecified atom stereocenters. The summed E-state index contributed by atoms with van der Waals surface area (Å²) < 4.78 is 9.21. The third kappa shape index (κ3) is 4.67. The summed E-state index contributed by atoms with van der Waals surface area (Å²) in [5, 5.41) is 2.96. The monoisotopic (exact) mass is 714 g/mol. The summed E-state index contributed by atoms with van der Waals surface area (Å²) in [6.07, 6.45) is 9.70. The Kier molecular flexibility index (Phi) is 9.34. The molecule has 5 atom stereocenters. The Balaban J connectivity index is 0.00000200. The predicted octanol–water partition coefficient (Wildman–Crippen LogP) is 5.30. The molecule has 0 saturated carbocycles. The van der Waals surface area contributed by atoms with Gasteiger partial charge in [-0.15, -0.1) is 0 Å². The van der Waals surface area contributed by atoms with E-state index in [1.165, 1.54) is 49.7 Å². The first-order chi connectivity index (χ1) is 20.5. The van der Waals surface area contributed by atoms with Crippen molar-refractivity contribution < 1.29 is 50.5 Å². The van der Waals surface area contributed by atoms with Gasteiger partial charge in [-0.2, -0.15) is 0 Å². The van der Waals surface area contributed by atoms with Crippen LogP contribution in [0.2, 0.25) is 0 Å². The molecule has 0 radical (unpaired) electrons. The summed E-state index contributed by atoms with van der Waals surface area (Å²) in [6.45, 7) is 24.9. The first kappa shape index (κ1) is 34.4. The van der Waals surface area contributed by atoms with Crippen LogP contribution in [0.25, 0.3) is 27.5 Å². The van der Waals surface area contributed by atoms with Crippen LogP contribution in [0.3, 0.4) is 0 Å². The Morgan fingerprint density at radius 3 is 2.22 bits per heavy atom. The Morgan fingerprint density at radius 1 is 0.889 bits per heavy atom. The van der Waals surface area contributed by atoms with Gasteiger partial charge < -0.3 is 24.8 Å². The second kappa shape index (κ2) is 12.2. The normalized spacial score (nSPS) is 24.4. The molecule has 0 saturated heterocycles. The number of halogens is 2. The van der Waals surface area contributed by atoms with E-state index in [0.29, 0.717) is 23.7 Å². The van der Waals surface area contributed by atoms with Crippen LogP contribution < -0.4 is 24.8 Å². The van der Waals surface area contributed by atoms with Crippen LogP contribution in [0.4, 0.5) is 0 Å². The number of rotatable bonds is 3. The number of fused-ring (bicyclic) bond motifs is 8. The average molecular weight is 717 g/mol. The van der Waals surface area contributed by atoms with E-state index in [9.17, 15) is 0 Å². The van der Waals surface area contributed by atoms with Crippen molar-refractivity contribution in [1.82, 2.24) is 0 Å². The van der Waals surface area contributed by atoms with Crippen molar-refractivity contribution in [2.75, 3.05) is 0 Å². The zero-order valence-corrected chi connectivity index (χ0v) is 32.4. The Labute approximate surface area is 290 Å². The van der Waals surface area contributed by atoms with E-state index in [-0.39, 0.29) is 27.9 Å². The quantitative estimate of drug-likeness (QED) is 0.281. The molecule has 1 aromatic heterocycles. The van der Waals surface area contributed by atoms with Crippen LogP contribution in [0.5, 0.6) is 0 Å². The summed E-state index contributed by atoms with van der Waals surface area (Å²) in [4.78, 5) is 0. The van der Waals surface area contributed by atoms with Crippen LogP contribution in [0, 0.1) is 32.6 Å². The molecule has 7 rings (SSSR count). The van der Waals surface area contributed by atoms with E-state index in [0.717, 1.165) is 6.42 Å². The van der Waals surface area contributed by atoms with Crippen LogP contribution in [-0.4, -0.2) is 3.21 Å². The maximum Gasteiger partial charge on any atom is -1.00 e. The minimum absolute atomic E-state index is 0. The van der Waals surface area contributed by atoms with Crippen molar-refractivity contribution >= 4 is 19.6 Å². The molecule has 4 heteroatoms. The minimum atomic E-state index is -2.54. The maximum absolute atomic E-state index is 5.63. The van der Waals surface area contributed by atoms with Crippen LogP contribution in [0.15, 0.2) is 68.8 Å². The van der Waals surface area contributed by atoms with E-state index >= 15 is 0 Å². The molecule has 0 aliphatic heterocycles. The largest absolute Gasteiger partial charge is 1.00 e. The zero-order valence-electron chi connectivity index (χ0n) is 28.5. The number of furan rings is 1. The van der Waals surface area contributed by atoms with Gasteiger partial charge in [-0.1, -0.05) is 0 Å². The number of allylic oxidation sites excluding steroid dienone is 4. The number of hydrogen-bond donors (Lipinski definition) is 0. The van der Waals surface area contributed by atoms with Crippen molar-refractivity contribution in [2.45, 2.75) is 90.6 Å². The molecule has 1 heterocycles. The summed E-state index contributed by atoms with van der Waals surface area (Å²) in [7, 11) is 0. The molecule has 45 heavy (non-hydrogen) atoms. The number of aryl methyl sites for hydroxylation is 1. The standard InChI is InChI=1S/C29H33.C9H7O.C3H6.2ClH.Zr/c1-14-13-24-25(18(5)15(14)2)21(8)28-27-20(7)17(4)16(3)19(6)26(27)22-11-9-10-12-23(22)29(24)28;1-2-4-8(3-1)9-5-6-10-7-9;1-3-2;;;/h9-13,16-17,19,21H,1-8H3;1,3,5-7H,2H2;1-2H3;2*1H;/q;;;;;+2/p-2. The fourth-order valence-electron chi connectivity index (χ4n) is 9.62. The minimum Gasteiger partial charge on any atom is -1.00 e. The summed E-state index contributed by atoms with van der Waals surface area (Å²) >= 11 is -2.54. The molecule has 3 aliphatic rings. The summed E-state index contributed by atoms with van der Waals surface area (Å²) in [6, 6.07) is 14.1. The SMILES string of the molecule is C[C](C)=[Zr+2]([C]1=C(c2ccoc2)C=CC1)[C]1(C)c2c3c(c4ccccc4c2C(C)C(C)C1C)-c1cc(C)c(C)c(C)c1C3C.[Cl-].[Cl-]. The summed E-state index contributed by atoms with van der Waals surface area (Å²) in [5.41, 5.74) is 16.7. The second-order valence-electron chi connectivity index (χ2n) is 14.3. The Hall–Kier alpha value is -1.99. The van der Waals surface area contributed by atoms with Crippen LogP contribution in [0.1, 0.15) is 111 Å². The topological polar surface area (TPSA) is 13.1 Å². The number of benzene rings is 3. The summed E-state index contributed by atoms with van der Waals surface area (Å²) in [5.74, 6) is 2.09. The molecule has 0 spiro atoms. The maximum atomic E-state index is 5.63. The molecule has 1 nitrogen and oxygen atoms in total. The van der Waals surface area contributed by atoms with Crippen molar-refractivity contribution in [2.24, 2.45) is 11.8 Å². The molecular formula is C41H46Cl2OZr. The van der Waals surface area contributed by atoms with Crippen molar-refractivity contribution in [3.8, 4) is 11.1 Å². The van der Waals surface area contributed by atoms with E-state index in [4.69, 9.17) is 4.42 Å². The van der Waals surface area contributed by atoms with E-state index in [1.807, 2.05) is 12.5 Å². The van der Waals surface area contributed by atoms with Gasteiger partial charge >= 0.3 is 268 Å². The molecule has 0 N–H and O–H groups in total. The first-order valence-corrected chi connectivity index (χ1v) is 20.0. The van der Waals surface area contributed by atoms with Gasteiger partial charge in [-0.3, -0.25) is 0 Å².